The van der Waals surface area contributed by atoms with E-state index in [0.29, 0.717) is 56.3 Å². The van der Waals surface area contributed by atoms with Gasteiger partial charge in [0, 0.05) is 84.1 Å². The minimum atomic E-state index is -5.11. The molecule has 0 amide bonds. The fourth-order valence-electron chi connectivity index (χ4n) is 10.2. The molecule has 0 saturated carbocycles. The Morgan fingerprint density at radius 2 is 1.25 bits per heavy atom. The van der Waals surface area contributed by atoms with Crippen molar-refractivity contribution in [2.24, 2.45) is 0 Å². The molecule has 2 atom stereocenters. The number of likely N-dealkylation sites (N-methyl/N-ethyl adjacent to an activating group) is 1. The molecule has 28 heteroatoms. The molecule has 410 valence electrons. The van der Waals surface area contributed by atoms with Crippen LogP contribution in [0.2, 0.25) is 0 Å². The van der Waals surface area contributed by atoms with Gasteiger partial charge in [0.15, 0.2) is 5.71 Å². The van der Waals surface area contributed by atoms with Crippen molar-refractivity contribution >= 4 is 95.2 Å². The zero-order chi connectivity index (χ0) is 56.3. The maximum Gasteiger partial charge on any atom is 0.333 e. The quantitative estimate of drug-likeness (QED) is 0.0272. The van der Waals surface area contributed by atoms with Gasteiger partial charge in [-0.15, -0.1) is 4.73 Å². The summed E-state index contributed by atoms with van der Waals surface area (Å²) in [6.45, 7) is 7.37. The zero-order valence-electron chi connectivity index (χ0n) is 41.3. The number of fused-ring (bicyclic) bond motifs is 6. The third-order valence-corrected chi connectivity index (χ3v) is 17.9. The van der Waals surface area contributed by atoms with Crippen molar-refractivity contribution < 1.29 is 94.0 Å². The summed E-state index contributed by atoms with van der Waals surface area (Å²) in [6, 6.07) is 11.4. The molecule has 2 aliphatic heterocycles. The van der Waals surface area contributed by atoms with Crippen molar-refractivity contribution in [2.45, 2.75) is 90.2 Å². The summed E-state index contributed by atoms with van der Waals surface area (Å²) in [4.78, 5) is 16.7. The lowest BCUT2D eigenvalue weighted by molar-refractivity contribution is -0.438. The molecule has 2 unspecified atom stereocenters. The first-order chi connectivity index (χ1) is 35.2. The summed E-state index contributed by atoms with van der Waals surface area (Å²) in [5.41, 5.74) is 0.583. The first kappa shape index (κ1) is 57.7. The van der Waals surface area contributed by atoms with Crippen LogP contribution in [0.5, 0.6) is 11.8 Å². The second-order valence-corrected chi connectivity index (χ2v) is 25.8. The first-order valence-corrected chi connectivity index (χ1v) is 30.4. The molecular formula is C48H54N3O20S5+. The Balaban J connectivity index is 1.41. The molecule has 0 bridgehead atoms. The van der Waals surface area contributed by atoms with Gasteiger partial charge in [-0.1, -0.05) is 23.8 Å². The second-order valence-electron chi connectivity index (χ2n) is 18.6. The maximum absolute atomic E-state index is 13.1. The predicted octanol–water partition coefficient (Wildman–Crippen LogP) is 5.87. The van der Waals surface area contributed by atoms with E-state index in [4.69, 9.17) is 9.57 Å². The highest BCUT2D eigenvalue weighted by molar-refractivity contribution is 7.87. The number of anilines is 1. The Hall–Kier alpha value is -6.05. The van der Waals surface area contributed by atoms with Gasteiger partial charge in [0.25, 0.3) is 50.6 Å². The van der Waals surface area contributed by atoms with Crippen LogP contribution in [0.4, 0.5) is 11.4 Å². The third-order valence-electron chi connectivity index (χ3n) is 13.6. The van der Waals surface area contributed by atoms with E-state index < -0.39 is 104 Å². The summed E-state index contributed by atoms with van der Waals surface area (Å²) < 4.78 is 184. The Bertz CT molecular complexity index is 3940. The van der Waals surface area contributed by atoms with Crippen LogP contribution in [0.15, 0.2) is 116 Å². The van der Waals surface area contributed by atoms with Crippen molar-refractivity contribution in [3.8, 4) is 11.8 Å². The highest BCUT2D eigenvalue weighted by Crippen LogP contribution is 2.54. The number of rotatable bonds is 20. The largest absolute Gasteiger partial charge is 0.492 e. The average molecular weight is 1150 g/mol. The molecule has 7 rings (SSSR count). The second kappa shape index (κ2) is 20.7. The standard InChI is InChI=1S/C48H53N3O20S5/c1-6-49-36-14-12-32-34(25-30(73(58,59)60)27-38(32)75(64,65)66)45(36)47(3,20-8-24-72(55,56)57)40(49)16-10-29(2)11-17-41-48(4,21-23-70-5)46-35-26-31(74(61,62)63)28-39(76(67,68)69)33(35)13-15-37(46)50(41)22-7-9-44(54)71-51-42(52)18-19-43(51)53/h10-19,25-28H,6-9,20-24H2,1-5H3,(H6-,52,53,55,56,57,58,59,60,61,62,63,64,65,66,67,68,69)/p+1. The van der Waals surface area contributed by atoms with Crippen LogP contribution in [-0.4, -0.2) is 129 Å². The van der Waals surface area contributed by atoms with Crippen LogP contribution in [0.25, 0.3) is 21.5 Å². The molecule has 0 radical (unpaired) electrons. The Kier molecular flexibility index (Phi) is 15.7. The highest BCUT2D eigenvalue weighted by atomic mass is 32.2. The van der Waals surface area contributed by atoms with Gasteiger partial charge in [0.1, 0.15) is 16.3 Å². The van der Waals surface area contributed by atoms with Crippen molar-refractivity contribution in [2.75, 3.05) is 37.5 Å². The van der Waals surface area contributed by atoms with Crippen LogP contribution in [0.3, 0.4) is 0 Å². The minimum absolute atomic E-state index is 0.00101. The van der Waals surface area contributed by atoms with Crippen LogP contribution < -0.4 is 9.74 Å². The summed E-state index contributed by atoms with van der Waals surface area (Å²) >= 11 is 0. The number of hydrogen-bond acceptors (Lipinski definition) is 16. The molecule has 23 nitrogen and oxygen atoms in total. The maximum atomic E-state index is 13.1. The van der Waals surface area contributed by atoms with Gasteiger partial charge in [-0.05, 0) is 106 Å². The number of methoxy groups -OCH3 is 1. The van der Waals surface area contributed by atoms with Gasteiger partial charge in [-0.25, -0.2) is 4.79 Å². The number of carbonyl (C=O) groups is 1. The van der Waals surface area contributed by atoms with Crippen molar-refractivity contribution in [3.05, 3.63) is 107 Å². The normalized spacial score (nSPS) is 19.2. The van der Waals surface area contributed by atoms with E-state index in [2.05, 4.69) is 0 Å². The van der Waals surface area contributed by atoms with Gasteiger partial charge in [0.05, 0.1) is 27.4 Å². The highest BCUT2D eigenvalue weighted by Gasteiger charge is 2.49. The van der Waals surface area contributed by atoms with Crippen LogP contribution in [0.1, 0.15) is 70.9 Å². The molecule has 76 heavy (non-hydrogen) atoms. The first-order valence-electron chi connectivity index (χ1n) is 23.0. The lowest BCUT2D eigenvalue weighted by Crippen LogP contribution is -2.33. The van der Waals surface area contributed by atoms with E-state index in [1.165, 1.54) is 19.2 Å². The topological polar surface area (TPSA) is 359 Å². The molecule has 0 fully saturated rings. The fraction of sp³-hybridized carbons (Fsp3) is 0.333. The molecule has 5 aromatic rings. The number of nitrogens with zero attached hydrogens (tertiary/aromatic N) is 3. The van der Waals surface area contributed by atoms with Crippen LogP contribution >= 0.6 is 0 Å². The average Bonchev–Trinajstić information content (AvgIpc) is 3.85. The number of carbonyl (C=O) groups excluding carboxylic acids is 1. The van der Waals surface area contributed by atoms with E-state index >= 15 is 0 Å². The fourth-order valence-corrected chi connectivity index (χ4v) is 13.4. The zero-order valence-corrected chi connectivity index (χ0v) is 45.3. The molecule has 3 heterocycles. The van der Waals surface area contributed by atoms with Crippen molar-refractivity contribution in [3.63, 3.8) is 0 Å². The molecule has 0 aliphatic carbocycles. The number of ether oxygens (including phenoxy) is 1. The number of allylic oxidation sites excluding steroid dienone is 6. The predicted molar refractivity (Wildman–Crippen MR) is 276 cm³/mol. The molecule has 4 aromatic carbocycles. The number of aromatic hydroxyl groups is 2. The SMILES string of the molecule is CCN1C(=CC=C(C)C=CC2=[N+](CCCC(=O)On3c(O)ccc3O)c3ccc4c(S(=O)(=O)O)cc(S(=O)(=O)O)cc4c3C2(C)CCOC)C(C)(CCCS(=O)(=O)O)c2c1ccc1c(S(=O)(=O)O)cc(S(=O)(=O)O)cc21. The van der Waals surface area contributed by atoms with E-state index in [1.807, 2.05) is 4.90 Å². The molecular weight excluding hydrogens is 1100 g/mol. The Morgan fingerprint density at radius 1 is 0.697 bits per heavy atom. The minimum Gasteiger partial charge on any atom is -0.492 e. The summed E-state index contributed by atoms with van der Waals surface area (Å²) in [6.07, 6.45) is 6.59. The monoisotopic (exact) mass is 1150 g/mol. The van der Waals surface area contributed by atoms with Gasteiger partial charge < -0.3 is 24.7 Å². The molecule has 0 spiro atoms. The summed E-state index contributed by atoms with van der Waals surface area (Å²) in [5.74, 6) is -2.64. The van der Waals surface area contributed by atoms with Gasteiger partial charge in [-0.2, -0.15) is 46.7 Å². The molecule has 0 saturated heterocycles. The van der Waals surface area contributed by atoms with Gasteiger partial charge in [0.2, 0.25) is 17.4 Å². The Morgan fingerprint density at radius 3 is 1.76 bits per heavy atom. The van der Waals surface area contributed by atoms with E-state index in [9.17, 15) is 79.9 Å². The van der Waals surface area contributed by atoms with Crippen LogP contribution in [-0.2, 0) is 71.0 Å². The van der Waals surface area contributed by atoms with E-state index in [-0.39, 0.29) is 73.3 Å². The van der Waals surface area contributed by atoms with E-state index in [0.717, 1.165) is 24.3 Å². The number of hydrogen-bond donors (Lipinski definition) is 7. The van der Waals surface area contributed by atoms with Crippen molar-refractivity contribution in [1.29, 1.82) is 0 Å². The third kappa shape index (κ3) is 11.3. The summed E-state index contributed by atoms with van der Waals surface area (Å²) in [7, 11) is -23.4. The summed E-state index contributed by atoms with van der Waals surface area (Å²) in [5, 5.41) is 19.9. The van der Waals surface area contributed by atoms with Gasteiger partial charge in [-0.3, -0.25) is 22.8 Å². The van der Waals surface area contributed by atoms with Gasteiger partial charge >= 0.3 is 5.97 Å². The lowest BCUT2D eigenvalue weighted by Gasteiger charge is -2.30. The molecule has 2 aliphatic rings. The van der Waals surface area contributed by atoms with E-state index in [1.54, 1.807) is 68.7 Å². The molecule has 1 aromatic heterocycles. The lowest BCUT2D eigenvalue weighted by atomic mass is 9.74. The smallest absolute Gasteiger partial charge is 0.333 e. The Labute approximate surface area is 438 Å². The number of aromatic nitrogens is 1. The van der Waals surface area contributed by atoms with Crippen molar-refractivity contribution in [1.82, 2.24) is 4.73 Å². The van der Waals surface area contributed by atoms with Crippen LogP contribution in [0, 0.1) is 0 Å². The molecule has 7 N–H and O–H groups in total. The number of benzene rings is 4.